The zero-order valence-corrected chi connectivity index (χ0v) is 10.2. The van der Waals surface area contributed by atoms with Gasteiger partial charge >= 0.3 is 0 Å². The van der Waals surface area contributed by atoms with Gasteiger partial charge in [-0.15, -0.1) is 0 Å². The van der Waals surface area contributed by atoms with Gasteiger partial charge in [0.1, 0.15) is 5.75 Å². The lowest BCUT2D eigenvalue weighted by Crippen LogP contribution is -2.16. The Morgan fingerprint density at radius 1 is 1.20 bits per heavy atom. The van der Waals surface area contributed by atoms with Gasteiger partial charge in [-0.3, -0.25) is 0 Å². The molecule has 0 aromatic heterocycles. The minimum absolute atomic E-state index is 1.01. The lowest BCUT2D eigenvalue weighted by Gasteiger charge is -2.11. The molecule has 1 aromatic rings. The Hall–Kier alpha value is -1.02. The van der Waals surface area contributed by atoms with E-state index in [1.807, 2.05) is 0 Å². The minimum atomic E-state index is 1.01. The zero-order chi connectivity index (χ0) is 11.3. The molecule has 2 heteroatoms. The van der Waals surface area contributed by atoms with Gasteiger partial charge in [0, 0.05) is 0 Å². The summed E-state index contributed by atoms with van der Waals surface area (Å²) in [7, 11) is 1.74. The smallest absolute Gasteiger partial charge is 0.122 e. The van der Waals surface area contributed by atoms with Crippen molar-refractivity contribution in [2.75, 3.05) is 20.2 Å². The van der Waals surface area contributed by atoms with Crippen molar-refractivity contribution < 1.29 is 4.74 Å². The third-order valence-electron chi connectivity index (χ3n) is 2.72. The second-order valence-electron chi connectivity index (χ2n) is 3.85. The van der Waals surface area contributed by atoms with Crippen LogP contribution in [0.2, 0.25) is 0 Å². The predicted molar refractivity (Wildman–Crippen MR) is 64.7 cm³/mol. The van der Waals surface area contributed by atoms with E-state index < -0.39 is 0 Å². The van der Waals surface area contributed by atoms with E-state index in [-0.39, 0.29) is 0 Å². The number of nitrogens with one attached hydrogen (secondary N) is 1. The average Bonchev–Trinajstić information content (AvgIpc) is 2.23. The predicted octanol–water partition coefficient (Wildman–Crippen LogP) is 2.46. The van der Waals surface area contributed by atoms with E-state index in [0.717, 1.165) is 25.3 Å². The zero-order valence-electron chi connectivity index (χ0n) is 10.2. The molecule has 0 amide bonds. The standard InChI is InChI=1S/C13H21NO/c1-5-14-7-6-12-8-10(2)11(3)9-13(12)15-4/h8-9,14H,5-7H2,1-4H3. The van der Waals surface area contributed by atoms with Crippen LogP contribution in [0.25, 0.3) is 0 Å². The number of hydrogen-bond donors (Lipinski definition) is 1. The Labute approximate surface area is 92.6 Å². The summed E-state index contributed by atoms with van der Waals surface area (Å²) in [5.41, 5.74) is 3.92. The fourth-order valence-electron chi connectivity index (χ4n) is 1.63. The van der Waals surface area contributed by atoms with Gasteiger partial charge in [-0.05, 0) is 56.1 Å². The van der Waals surface area contributed by atoms with Crippen LogP contribution in [0.4, 0.5) is 0 Å². The van der Waals surface area contributed by atoms with E-state index in [0.29, 0.717) is 0 Å². The van der Waals surface area contributed by atoms with E-state index >= 15 is 0 Å². The molecule has 0 atom stereocenters. The first-order valence-corrected chi connectivity index (χ1v) is 5.53. The van der Waals surface area contributed by atoms with Crippen LogP contribution >= 0.6 is 0 Å². The number of methoxy groups -OCH3 is 1. The normalized spacial score (nSPS) is 10.4. The van der Waals surface area contributed by atoms with Gasteiger partial charge < -0.3 is 10.1 Å². The molecule has 0 saturated heterocycles. The molecule has 0 heterocycles. The molecule has 84 valence electrons. The maximum atomic E-state index is 5.38. The summed E-state index contributed by atoms with van der Waals surface area (Å²) in [6.07, 6.45) is 1.03. The lowest BCUT2D eigenvalue weighted by molar-refractivity contribution is 0.408. The third-order valence-corrected chi connectivity index (χ3v) is 2.72. The molecular formula is C13H21NO. The van der Waals surface area contributed by atoms with Crippen molar-refractivity contribution in [1.82, 2.24) is 5.32 Å². The minimum Gasteiger partial charge on any atom is -0.496 e. The van der Waals surface area contributed by atoms with Gasteiger partial charge in [0.25, 0.3) is 0 Å². The van der Waals surface area contributed by atoms with Crippen LogP contribution in [-0.2, 0) is 6.42 Å². The fraction of sp³-hybridized carbons (Fsp3) is 0.538. The Kier molecular flexibility index (Phi) is 4.63. The van der Waals surface area contributed by atoms with E-state index in [4.69, 9.17) is 4.74 Å². The molecule has 0 aliphatic carbocycles. The number of hydrogen-bond acceptors (Lipinski definition) is 2. The summed E-state index contributed by atoms with van der Waals surface area (Å²) in [4.78, 5) is 0. The third kappa shape index (κ3) is 3.24. The number of benzene rings is 1. The van der Waals surface area contributed by atoms with Crippen molar-refractivity contribution in [3.8, 4) is 5.75 Å². The first kappa shape index (κ1) is 12.1. The summed E-state index contributed by atoms with van der Waals surface area (Å²) in [6, 6.07) is 4.35. The molecule has 0 bridgehead atoms. The number of likely N-dealkylation sites (N-methyl/N-ethyl adjacent to an activating group) is 1. The van der Waals surface area contributed by atoms with Crippen molar-refractivity contribution in [2.45, 2.75) is 27.2 Å². The van der Waals surface area contributed by atoms with E-state index in [9.17, 15) is 0 Å². The SMILES string of the molecule is CCNCCc1cc(C)c(C)cc1OC. The highest BCUT2D eigenvalue weighted by Crippen LogP contribution is 2.23. The summed E-state index contributed by atoms with van der Waals surface area (Å²) in [5, 5.41) is 3.33. The molecule has 0 radical (unpaired) electrons. The van der Waals surface area contributed by atoms with Crippen LogP contribution in [0.15, 0.2) is 12.1 Å². The van der Waals surface area contributed by atoms with Gasteiger partial charge in [-0.25, -0.2) is 0 Å². The van der Waals surface area contributed by atoms with Crippen LogP contribution in [0, 0.1) is 13.8 Å². The average molecular weight is 207 g/mol. The van der Waals surface area contributed by atoms with Gasteiger partial charge in [-0.1, -0.05) is 13.0 Å². The molecule has 0 fully saturated rings. The van der Waals surface area contributed by atoms with Crippen LogP contribution in [0.5, 0.6) is 5.75 Å². The molecule has 2 nitrogen and oxygen atoms in total. The quantitative estimate of drug-likeness (QED) is 0.749. The van der Waals surface area contributed by atoms with Crippen molar-refractivity contribution in [2.24, 2.45) is 0 Å². The highest BCUT2D eigenvalue weighted by molar-refractivity contribution is 5.41. The maximum Gasteiger partial charge on any atom is 0.122 e. The molecule has 0 unspecified atom stereocenters. The van der Waals surface area contributed by atoms with Crippen LogP contribution in [0.3, 0.4) is 0 Å². The van der Waals surface area contributed by atoms with E-state index in [1.165, 1.54) is 16.7 Å². The number of aryl methyl sites for hydroxylation is 2. The molecule has 0 spiro atoms. The molecule has 1 rings (SSSR count). The van der Waals surface area contributed by atoms with Crippen LogP contribution in [0.1, 0.15) is 23.6 Å². The topological polar surface area (TPSA) is 21.3 Å². The molecule has 1 N–H and O–H groups in total. The second kappa shape index (κ2) is 5.76. The second-order valence-corrected chi connectivity index (χ2v) is 3.85. The molecule has 1 aromatic carbocycles. The largest absolute Gasteiger partial charge is 0.496 e. The van der Waals surface area contributed by atoms with Gasteiger partial charge in [0.2, 0.25) is 0 Å². The van der Waals surface area contributed by atoms with Gasteiger partial charge in [-0.2, -0.15) is 0 Å². The molecule has 0 saturated carbocycles. The van der Waals surface area contributed by atoms with Crippen molar-refractivity contribution in [3.63, 3.8) is 0 Å². The maximum absolute atomic E-state index is 5.38. The Morgan fingerprint density at radius 3 is 2.47 bits per heavy atom. The Morgan fingerprint density at radius 2 is 1.87 bits per heavy atom. The Balaban J connectivity index is 2.80. The number of ether oxygens (including phenoxy) is 1. The van der Waals surface area contributed by atoms with Crippen molar-refractivity contribution in [1.29, 1.82) is 0 Å². The summed E-state index contributed by atoms with van der Waals surface area (Å²) in [6.45, 7) is 8.41. The lowest BCUT2D eigenvalue weighted by atomic mass is 10.0. The number of rotatable bonds is 5. The monoisotopic (exact) mass is 207 g/mol. The first-order chi connectivity index (χ1) is 7.19. The van der Waals surface area contributed by atoms with Crippen molar-refractivity contribution in [3.05, 3.63) is 28.8 Å². The summed E-state index contributed by atoms with van der Waals surface area (Å²) >= 11 is 0. The van der Waals surface area contributed by atoms with E-state index in [2.05, 4.69) is 38.2 Å². The van der Waals surface area contributed by atoms with Crippen LogP contribution in [-0.4, -0.2) is 20.2 Å². The highest BCUT2D eigenvalue weighted by atomic mass is 16.5. The summed E-state index contributed by atoms with van der Waals surface area (Å²) in [5.74, 6) is 1.01. The van der Waals surface area contributed by atoms with Gasteiger partial charge in [0.05, 0.1) is 7.11 Å². The van der Waals surface area contributed by atoms with Crippen molar-refractivity contribution >= 4 is 0 Å². The fourth-order valence-corrected chi connectivity index (χ4v) is 1.63. The first-order valence-electron chi connectivity index (χ1n) is 5.53. The summed E-state index contributed by atoms with van der Waals surface area (Å²) < 4.78 is 5.38. The Bertz CT molecular complexity index is 321. The van der Waals surface area contributed by atoms with E-state index in [1.54, 1.807) is 7.11 Å². The highest BCUT2D eigenvalue weighted by Gasteiger charge is 2.05. The molecule has 15 heavy (non-hydrogen) atoms. The molecule has 0 aliphatic heterocycles. The molecular weight excluding hydrogens is 186 g/mol. The van der Waals surface area contributed by atoms with Crippen LogP contribution < -0.4 is 10.1 Å². The van der Waals surface area contributed by atoms with Gasteiger partial charge in [0.15, 0.2) is 0 Å². The molecule has 0 aliphatic rings.